The normalized spacial score (nSPS) is 24.4. The number of aromatic amines is 1. The molecule has 0 spiro atoms. The van der Waals surface area contributed by atoms with Crippen molar-refractivity contribution in [3.05, 3.63) is 17.0 Å². The zero-order valence-electron chi connectivity index (χ0n) is 11.3. The minimum Gasteiger partial charge on any atom is -0.350 e. The molecule has 1 saturated carbocycles. The van der Waals surface area contributed by atoms with E-state index in [-0.39, 0.29) is 25.2 Å². The number of nitrogens with zero attached hydrogens (tertiary/aromatic N) is 1. The molecule has 6 heteroatoms. The van der Waals surface area contributed by atoms with E-state index in [0.717, 1.165) is 37.1 Å². The summed E-state index contributed by atoms with van der Waals surface area (Å²) in [7, 11) is 0. The van der Waals surface area contributed by atoms with Gasteiger partial charge >= 0.3 is 0 Å². The Kier molecular flexibility index (Phi) is 3.48. The van der Waals surface area contributed by atoms with Gasteiger partial charge in [0, 0.05) is 24.5 Å². The van der Waals surface area contributed by atoms with Crippen molar-refractivity contribution in [1.82, 2.24) is 15.5 Å². The van der Waals surface area contributed by atoms with E-state index in [1.807, 2.05) is 0 Å². The summed E-state index contributed by atoms with van der Waals surface area (Å²) in [5.74, 6) is -3.50. The fraction of sp³-hybridized carbons (Fsp3) is 0.714. The Morgan fingerprint density at radius 1 is 1.40 bits per heavy atom. The van der Waals surface area contributed by atoms with E-state index in [0.29, 0.717) is 6.54 Å². The van der Waals surface area contributed by atoms with Crippen molar-refractivity contribution < 1.29 is 13.6 Å². The van der Waals surface area contributed by atoms with E-state index < -0.39 is 11.8 Å². The van der Waals surface area contributed by atoms with E-state index in [9.17, 15) is 13.6 Å². The molecule has 1 amide bonds. The lowest BCUT2D eigenvalue weighted by Crippen LogP contribution is -2.30. The zero-order chi connectivity index (χ0) is 14.2. The Bertz CT molecular complexity index is 513. The lowest BCUT2D eigenvalue weighted by molar-refractivity contribution is -0.126. The highest BCUT2D eigenvalue weighted by Gasteiger charge is 2.42. The predicted molar refractivity (Wildman–Crippen MR) is 69.4 cm³/mol. The molecule has 2 N–H and O–H groups in total. The molecule has 0 saturated heterocycles. The number of aromatic nitrogens is 2. The van der Waals surface area contributed by atoms with Gasteiger partial charge in [0.25, 0.3) is 0 Å². The van der Waals surface area contributed by atoms with Crippen LogP contribution in [0.15, 0.2) is 0 Å². The average Bonchev–Trinajstić information content (AvgIpc) is 2.99. The number of halogens is 2. The highest BCUT2D eigenvalue weighted by Crippen LogP contribution is 2.38. The van der Waals surface area contributed by atoms with Crippen LogP contribution >= 0.6 is 0 Å². The SMILES string of the molecule is O=C(NCc1n[nH]c2c1CCCC2)[C@H]1CCC(F)(F)C1. The molecule has 1 heterocycles. The number of carbonyl (C=O) groups is 1. The third-order valence-corrected chi connectivity index (χ3v) is 4.35. The molecule has 1 aromatic rings. The number of alkyl halides is 2. The molecule has 20 heavy (non-hydrogen) atoms. The molecule has 1 aromatic heterocycles. The van der Waals surface area contributed by atoms with Gasteiger partial charge < -0.3 is 5.32 Å². The lowest BCUT2D eigenvalue weighted by atomic mass is 9.96. The fourth-order valence-corrected chi connectivity index (χ4v) is 3.18. The Morgan fingerprint density at radius 2 is 2.20 bits per heavy atom. The van der Waals surface area contributed by atoms with Crippen LogP contribution in [0.2, 0.25) is 0 Å². The Morgan fingerprint density at radius 3 is 2.95 bits per heavy atom. The van der Waals surface area contributed by atoms with Crippen molar-refractivity contribution in [2.24, 2.45) is 5.92 Å². The topological polar surface area (TPSA) is 57.8 Å². The number of amides is 1. The van der Waals surface area contributed by atoms with Crippen LogP contribution < -0.4 is 5.32 Å². The first-order valence-corrected chi connectivity index (χ1v) is 7.26. The summed E-state index contributed by atoms with van der Waals surface area (Å²) >= 11 is 0. The maximum Gasteiger partial charge on any atom is 0.248 e. The van der Waals surface area contributed by atoms with Crippen molar-refractivity contribution in [1.29, 1.82) is 0 Å². The zero-order valence-corrected chi connectivity index (χ0v) is 11.3. The minimum absolute atomic E-state index is 0.178. The number of rotatable bonds is 3. The van der Waals surface area contributed by atoms with Crippen molar-refractivity contribution >= 4 is 5.91 Å². The summed E-state index contributed by atoms with van der Waals surface area (Å²) < 4.78 is 26.2. The number of nitrogens with one attached hydrogen (secondary N) is 2. The van der Waals surface area contributed by atoms with Crippen LogP contribution in [0.4, 0.5) is 8.78 Å². The predicted octanol–water partition coefficient (Wildman–Crippen LogP) is 2.34. The van der Waals surface area contributed by atoms with Crippen LogP contribution in [0.3, 0.4) is 0 Å². The summed E-state index contributed by atoms with van der Waals surface area (Å²) in [6.07, 6.45) is 4.07. The van der Waals surface area contributed by atoms with Gasteiger partial charge in [-0.3, -0.25) is 9.89 Å². The van der Waals surface area contributed by atoms with E-state index in [1.165, 1.54) is 5.56 Å². The third-order valence-electron chi connectivity index (χ3n) is 4.35. The minimum atomic E-state index is -2.67. The number of carbonyl (C=O) groups excluding carboxylic acids is 1. The maximum atomic E-state index is 13.1. The van der Waals surface area contributed by atoms with Crippen LogP contribution in [0.5, 0.6) is 0 Å². The van der Waals surface area contributed by atoms with Gasteiger partial charge in [-0.05, 0) is 37.7 Å². The fourth-order valence-electron chi connectivity index (χ4n) is 3.18. The summed E-state index contributed by atoms with van der Waals surface area (Å²) in [4.78, 5) is 11.9. The smallest absolute Gasteiger partial charge is 0.248 e. The molecule has 0 aromatic carbocycles. The first-order chi connectivity index (χ1) is 9.55. The average molecular weight is 283 g/mol. The molecule has 2 aliphatic carbocycles. The molecule has 1 fully saturated rings. The monoisotopic (exact) mass is 283 g/mol. The number of aryl methyl sites for hydroxylation is 1. The summed E-state index contributed by atoms with van der Waals surface area (Å²) in [6.45, 7) is 0.340. The number of hydrogen-bond donors (Lipinski definition) is 2. The van der Waals surface area contributed by atoms with Crippen LogP contribution in [0.1, 0.15) is 49.1 Å². The quantitative estimate of drug-likeness (QED) is 0.894. The molecule has 0 aliphatic heterocycles. The van der Waals surface area contributed by atoms with Gasteiger partial charge in [0.05, 0.1) is 12.2 Å². The lowest BCUT2D eigenvalue weighted by Gasteiger charge is -2.13. The van der Waals surface area contributed by atoms with Gasteiger partial charge in [-0.25, -0.2) is 8.78 Å². The summed E-state index contributed by atoms with van der Waals surface area (Å²) in [5, 5.41) is 10.0. The molecular formula is C14H19F2N3O. The van der Waals surface area contributed by atoms with E-state index in [4.69, 9.17) is 0 Å². The Labute approximate surface area is 116 Å². The molecule has 0 radical (unpaired) electrons. The molecule has 0 unspecified atom stereocenters. The van der Waals surface area contributed by atoms with Gasteiger partial charge in [0.2, 0.25) is 11.8 Å². The van der Waals surface area contributed by atoms with Gasteiger partial charge in [0.1, 0.15) is 0 Å². The van der Waals surface area contributed by atoms with Crippen LogP contribution in [-0.2, 0) is 24.2 Å². The first kappa shape index (κ1) is 13.5. The Hall–Kier alpha value is -1.46. The molecule has 1 atom stereocenters. The highest BCUT2D eigenvalue weighted by molar-refractivity contribution is 5.79. The number of H-pyrrole nitrogens is 1. The van der Waals surface area contributed by atoms with Gasteiger partial charge in [0.15, 0.2) is 0 Å². The van der Waals surface area contributed by atoms with Gasteiger partial charge in [-0.2, -0.15) is 5.10 Å². The largest absolute Gasteiger partial charge is 0.350 e. The molecule has 110 valence electrons. The van der Waals surface area contributed by atoms with Crippen molar-refractivity contribution in [2.45, 2.75) is 57.4 Å². The first-order valence-electron chi connectivity index (χ1n) is 7.26. The summed E-state index contributed by atoms with van der Waals surface area (Å²) in [5.41, 5.74) is 3.22. The maximum absolute atomic E-state index is 13.1. The second-order valence-electron chi connectivity index (χ2n) is 5.85. The van der Waals surface area contributed by atoms with E-state index in [1.54, 1.807) is 0 Å². The molecular weight excluding hydrogens is 264 g/mol. The van der Waals surface area contributed by atoms with Crippen molar-refractivity contribution in [2.75, 3.05) is 0 Å². The van der Waals surface area contributed by atoms with Crippen LogP contribution in [0, 0.1) is 5.92 Å². The third kappa shape index (κ3) is 2.69. The van der Waals surface area contributed by atoms with Crippen LogP contribution in [0.25, 0.3) is 0 Å². The molecule has 2 aliphatic rings. The molecule has 0 bridgehead atoms. The van der Waals surface area contributed by atoms with Crippen molar-refractivity contribution in [3.8, 4) is 0 Å². The van der Waals surface area contributed by atoms with Crippen LogP contribution in [-0.4, -0.2) is 22.0 Å². The highest BCUT2D eigenvalue weighted by atomic mass is 19.3. The molecule has 4 nitrogen and oxygen atoms in total. The molecule has 3 rings (SSSR count). The standard InChI is InChI=1S/C14H19F2N3O/c15-14(16)6-5-9(7-14)13(20)17-8-12-10-3-1-2-4-11(10)18-19-12/h9H,1-8H2,(H,17,20)(H,18,19)/t9-/m0/s1. The second-order valence-corrected chi connectivity index (χ2v) is 5.85. The van der Waals surface area contributed by atoms with Crippen molar-refractivity contribution in [3.63, 3.8) is 0 Å². The van der Waals surface area contributed by atoms with E-state index in [2.05, 4.69) is 15.5 Å². The second kappa shape index (κ2) is 5.14. The summed E-state index contributed by atoms with van der Waals surface area (Å²) in [6, 6.07) is 0. The number of fused-ring (bicyclic) bond motifs is 1. The van der Waals surface area contributed by atoms with Gasteiger partial charge in [-0.15, -0.1) is 0 Å². The van der Waals surface area contributed by atoms with E-state index >= 15 is 0 Å². The Balaban J connectivity index is 1.57. The number of hydrogen-bond acceptors (Lipinski definition) is 2. The van der Waals surface area contributed by atoms with Gasteiger partial charge in [-0.1, -0.05) is 0 Å².